The van der Waals surface area contributed by atoms with E-state index >= 15 is 0 Å². The summed E-state index contributed by atoms with van der Waals surface area (Å²) in [6.45, 7) is 5.01. The monoisotopic (exact) mass is 317 g/mol. The van der Waals surface area contributed by atoms with Gasteiger partial charge in [-0.1, -0.05) is 44.4 Å². The topological polar surface area (TPSA) is 53.9 Å². The fraction of sp³-hybridized carbons (Fsp3) is 0.556. The van der Waals surface area contributed by atoms with Crippen LogP contribution in [0.1, 0.15) is 39.0 Å². The average Bonchev–Trinajstić information content (AvgIpc) is 2.60. The number of rotatable bonds is 6. The zero-order valence-corrected chi connectivity index (χ0v) is 14.0. The van der Waals surface area contributed by atoms with E-state index < -0.39 is 0 Å². The Morgan fingerprint density at radius 1 is 1.17 bits per heavy atom. The molecule has 0 radical (unpaired) electrons. The SMILES string of the molecule is CCCCCCC(=O)NC(=Nc1ccccc1)N1CCOCC1. The summed E-state index contributed by atoms with van der Waals surface area (Å²) in [5, 5.41) is 2.99. The van der Waals surface area contributed by atoms with Crippen molar-refractivity contribution in [1.82, 2.24) is 10.2 Å². The van der Waals surface area contributed by atoms with E-state index in [4.69, 9.17) is 4.74 Å². The van der Waals surface area contributed by atoms with E-state index in [0.717, 1.165) is 31.6 Å². The number of aliphatic imine (C=N–C) groups is 1. The van der Waals surface area contributed by atoms with Gasteiger partial charge in [0.05, 0.1) is 18.9 Å². The molecule has 5 heteroatoms. The number of unbranched alkanes of at least 4 members (excludes halogenated alkanes) is 3. The first-order valence-electron chi connectivity index (χ1n) is 8.56. The van der Waals surface area contributed by atoms with Crippen molar-refractivity contribution in [2.45, 2.75) is 39.0 Å². The van der Waals surface area contributed by atoms with Crippen molar-refractivity contribution in [3.63, 3.8) is 0 Å². The van der Waals surface area contributed by atoms with Gasteiger partial charge >= 0.3 is 0 Å². The van der Waals surface area contributed by atoms with Gasteiger partial charge in [0.1, 0.15) is 0 Å². The lowest BCUT2D eigenvalue weighted by Crippen LogP contribution is -2.48. The van der Waals surface area contributed by atoms with E-state index in [-0.39, 0.29) is 5.91 Å². The van der Waals surface area contributed by atoms with Crippen molar-refractivity contribution in [2.75, 3.05) is 26.3 Å². The molecule has 1 heterocycles. The molecule has 23 heavy (non-hydrogen) atoms. The van der Waals surface area contributed by atoms with Crippen LogP contribution in [-0.4, -0.2) is 43.1 Å². The molecule has 1 aromatic carbocycles. The van der Waals surface area contributed by atoms with Gasteiger partial charge in [0.15, 0.2) is 0 Å². The molecule has 126 valence electrons. The number of nitrogens with zero attached hydrogens (tertiary/aromatic N) is 2. The Morgan fingerprint density at radius 2 is 1.91 bits per heavy atom. The van der Waals surface area contributed by atoms with Gasteiger partial charge in [0, 0.05) is 19.5 Å². The molecule has 0 spiro atoms. The van der Waals surface area contributed by atoms with Gasteiger partial charge in [0.2, 0.25) is 11.9 Å². The lowest BCUT2D eigenvalue weighted by Gasteiger charge is -2.29. The molecule has 1 amide bonds. The molecule has 0 saturated carbocycles. The molecule has 2 rings (SSSR count). The van der Waals surface area contributed by atoms with Gasteiger partial charge in [-0.15, -0.1) is 0 Å². The molecule has 1 N–H and O–H groups in total. The number of carbonyl (C=O) groups is 1. The molecule has 0 bridgehead atoms. The highest BCUT2D eigenvalue weighted by Crippen LogP contribution is 2.12. The standard InChI is InChI=1S/C18H27N3O2/c1-2-3-4-8-11-17(22)20-18(21-12-14-23-15-13-21)19-16-9-6-5-7-10-16/h5-7,9-10H,2-4,8,11-15H2,1H3,(H,19,20,22). The van der Waals surface area contributed by atoms with Crippen LogP contribution in [-0.2, 0) is 9.53 Å². The van der Waals surface area contributed by atoms with Crippen molar-refractivity contribution in [3.05, 3.63) is 30.3 Å². The molecule has 5 nitrogen and oxygen atoms in total. The highest BCUT2D eigenvalue weighted by molar-refractivity contribution is 5.98. The van der Waals surface area contributed by atoms with Crippen molar-refractivity contribution in [2.24, 2.45) is 4.99 Å². The summed E-state index contributed by atoms with van der Waals surface area (Å²) in [5.74, 6) is 0.683. The number of benzene rings is 1. The summed E-state index contributed by atoms with van der Waals surface area (Å²) in [7, 11) is 0. The molecule has 1 aliphatic rings. The maximum atomic E-state index is 12.2. The predicted octanol–water partition coefficient (Wildman–Crippen LogP) is 3.09. The zero-order valence-electron chi connectivity index (χ0n) is 14.0. The van der Waals surface area contributed by atoms with E-state index in [1.165, 1.54) is 12.8 Å². The quantitative estimate of drug-likeness (QED) is 0.498. The number of morpholine rings is 1. The van der Waals surface area contributed by atoms with E-state index in [2.05, 4.69) is 22.1 Å². The zero-order chi connectivity index (χ0) is 16.3. The van der Waals surface area contributed by atoms with E-state index in [1.54, 1.807) is 0 Å². The fourth-order valence-corrected chi connectivity index (χ4v) is 2.48. The van der Waals surface area contributed by atoms with Crippen molar-refractivity contribution >= 4 is 17.6 Å². The Bertz CT molecular complexity index is 496. The van der Waals surface area contributed by atoms with Crippen LogP contribution in [0.15, 0.2) is 35.3 Å². The number of guanidine groups is 1. The maximum absolute atomic E-state index is 12.2. The lowest BCUT2D eigenvalue weighted by molar-refractivity contribution is -0.120. The molecule has 0 unspecified atom stereocenters. The first-order valence-corrected chi connectivity index (χ1v) is 8.56. The number of ether oxygens (including phenoxy) is 1. The normalized spacial score (nSPS) is 15.5. The van der Waals surface area contributed by atoms with Crippen molar-refractivity contribution in [1.29, 1.82) is 0 Å². The predicted molar refractivity (Wildman–Crippen MR) is 92.8 cm³/mol. The largest absolute Gasteiger partial charge is 0.378 e. The Hall–Kier alpha value is -1.88. The number of amides is 1. The number of nitrogens with one attached hydrogen (secondary N) is 1. The van der Waals surface area contributed by atoms with Gasteiger partial charge in [-0.05, 0) is 18.6 Å². The third-order valence-electron chi connectivity index (χ3n) is 3.81. The van der Waals surface area contributed by atoms with Crippen LogP contribution in [0.25, 0.3) is 0 Å². The van der Waals surface area contributed by atoms with Gasteiger partial charge < -0.3 is 9.64 Å². The maximum Gasteiger partial charge on any atom is 0.226 e. The van der Waals surface area contributed by atoms with Gasteiger partial charge in [-0.2, -0.15) is 0 Å². The minimum Gasteiger partial charge on any atom is -0.378 e. The Labute approximate surface area is 138 Å². The second-order valence-corrected chi connectivity index (χ2v) is 5.73. The van der Waals surface area contributed by atoms with Crippen LogP contribution in [0, 0.1) is 0 Å². The number of hydrogen-bond donors (Lipinski definition) is 1. The first kappa shape index (κ1) is 17.5. The second kappa shape index (κ2) is 10.0. The molecule has 0 atom stereocenters. The first-order chi connectivity index (χ1) is 11.3. The lowest BCUT2D eigenvalue weighted by atomic mass is 10.1. The Morgan fingerprint density at radius 3 is 2.61 bits per heavy atom. The molecule has 1 fully saturated rings. The van der Waals surface area contributed by atoms with Crippen LogP contribution in [0.4, 0.5) is 5.69 Å². The van der Waals surface area contributed by atoms with E-state index in [0.29, 0.717) is 25.6 Å². The molecule has 1 aliphatic heterocycles. The third-order valence-corrected chi connectivity index (χ3v) is 3.81. The Kier molecular flexibility index (Phi) is 7.60. The number of carbonyl (C=O) groups excluding carboxylic acids is 1. The minimum absolute atomic E-state index is 0.0438. The van der Waals surface area contributed by atoms with Gasteiger partial charge in [-0.25, -0.2) is 4.99 Å². The fourth-order valence-electron chi connectivity index (χ4n) is 2.48. The summed E-state index contributed by atoms with van der Waals surface area (Å²) in [6.07, 6.45) is 4.95. The average molecular weight is 317 g/mol. The highest BCUT2D eigenvalue weighted by atomic mass is 16.5. The molecule has 0 aliphatic carbocycles. The smallest absolute Gasteiger partial charge is 0.226 e. The number of hydrogen-bond acceptors (Lipinski definition) is 3. The molecule has 1 saturated heterocycles. The second-order valence-electron chi connectivity index (χ2n) is 5.73. The van der Waals surface area contributed by atoms with Crippen LogP contribution in [0.5, 0.6) is 0 Å². The molecular formula is C18H27N3O2. The minimum atomic E-state index is 0.0438. The van der Waals surface area contributed by atoms with Gasteiger partial charge in [-0.3, -0.25) is 10.1 Å². The van der Waals surface area contributed by atoms with Crippen LogP contribution in [0.3, 0.4) is 0 Å². The summed E-state index contributed by atoms with van der Waals surface area (Å²) in [5.41, 5.74) is 0.847. The summed E-state index contributed by atoms with van der Waals surface area (Å²) in [6, 6.07) is 9.73. The third kappa shape index (κ3) is 6.40. The summed E-state index contributed by atoms with van der Waals surface area (Å²) < 4.78 is 5.39. The molecular weight excluding hydrogens is 290 g/mol. The summed E-state index contributed by atoms with van der Waals surface area (Å²) in [4.78, 5) is 18.9. The van der Waals surface area contributed by atoms with Crippen LogP contribution >= 0.6 is 0 Å². The van der Waals surface area contributed by atoms with Crippen molar-refractivity contribution in [3.8, 4) is 0 Å². The van der Waals surface area contributed by atoms with E-state index in [9.17, 15) is 4.79 Å². The van der Waals surface area contributed by atoms with Crippen LogP contribution < -0.4 is 5.32 Å². The number of para-hydroxylation sites is 1. The van der Waals surface area contributed by atoms with Gasteiger partial charge in [0.25, 0.3) is 0 Å². The van der Waals surface area contributed by atoms with Crippen molar-refractivity contribution < 1.29 is 9.53 Å². The molecule has 0 aromatic heterocycles. The Balaban J connectivity index is 1.98. The van der Waals surface area contributed by atoms with E-state index in [1.807, 2.05) is 30.3 Å². The molecule has 1 aromatic rings. The summed E-state index contributed by atoms with van der Waals surface area (Å²) >= 11 is 0. The highest BCUT2D eigenvalue weighted by Gasteiger charge is 2.17. The van der Waals surface area contributed by atoms with Crippen LogP contribution in [0.2, 0.25) is 0 Å².